The molecule has 0 unspecified atom stereocenters. The predicted octanol–water partition coefficient (Wildman–Crippen LogP) is 3.18. The molecule has 2 heterocycles. The van der Waals surface area contributed by atoms with E-state index >= 15 is 0 Å². The van der Waals surface area contributed by atoms with Gasteiger partial charge in [-0.25, -0.2) is 9.18 Å². The van der Waals surface area contributed by atoms with Gasteiger partial charge in [0.25, 0.3) is 0 Å². The average Bonchev–Trinajstić information content (AvgIpc) is 3.06. The Morgan fingerprint density at radius 1 is 1.36 bits per heavy atom. The molecule has 1 aliphatic rings. The van der Waals surface area contributed by atoms with Gasteiger partial charge in [0.05, 0.1) is 0 Å². The van der Waals surface area contributed by atoms with E-state index in [9.17, 15) is 9.18 Å². The van der Waals surface area contributed by atoms with Crippen molar-refractivity contribution in [3.8, 4) is 5.75 Å². The highest BCUT2D eigenvalue weighted by Gasteiger charge is 2.25. The summed E-state index contributed by atoms with van der Waals surface area (Å²) in [6.45, 7) is 0.889. The molecule has 1 aromatic heterocycles. The number of amides is 2. The number of halogens is 1. The molecular formula is C18H23FN4O2. The number of nitrogens with one attached hydrogen (secondary N) is 1. The molecule has 1 fully saturated rings. The number of carbonyl (C=O) groups excluding carboxylic acids is 1. The zero-order chi connectivity index (χ0) is 17.6. The number of piperidine rings is 1. The third-order valence-corrected chi connectivity index (χ3v) is 4.49. The van der Waals surface area contributed by atoms with Crippen LogP contribution in [-0.4, -0.2) is 47.1 Å². The van der Waals surface area contributed by atoms with Gasteiger partial charge in [-0.3, -0.25) is 4.68 Å². The second kappa shape index (κ2) is 8.00. The molecular weight excluding hydrogens is 323 g/mol. The second-order valence-electron chi connectivity index (χ2n) is 6.14. The predicted molar refractivity (Wildman–Crippen MR) is 93.7 cm³/mol. The minimum atomic E-state index is -0.539. The molecule has 0 saturated carbocycles. The Morgan fingerprint density at radius 3 is 2.84 bits per heavy atom. The first-order valence-corrected chi connectivity index (χ1v) is 8.50. The van der Waals surface area contributed by atoms with Crippen LogP contribution in [0.5, 0.6) is 5.75 Å². The highest BCUT2D eigenvalue weighted by molar-refractivity contribution is 5.89. The average molecular weight is 346 g/mol. The van der Waals surface area contributed by atoms with Crippen molar-refractivity contribution in [3.05, 3.63) is 42.2 Å². The number of hydrogen-bond donors (Lipinski definition) is 1. The van der Waals surface area contributed by atoms with Crippen LogP contribution in [0, 0.1) is 0 Å². The van der Waals surface area contributed by atoms with E-state index in [1.165, 1.54) is 5.69 Å². The number of benzene rings is 1. The Labute approximate surface area is 146 Å². The van der Waals surface area contributed by atoms with E-state index in [4.69, 9.17) is 4.74 Å². The lowest BCUT2D eigenvalue weighted by molar-refractivity contribution is 0.193. The van der Waals surface area contributed by atoms with Crippen molar-refractivity contribution in [2.45, 2.75) is 18.8 Å². The lowest BCUT2D eigenvalue weighted by Crippen LogP contribution is -2.40. The summed E-state index contributed by atoms with van der Waals surface area (Å²) in [6, 6.07) is 8.94. The van der Waals surface area contributed by atoms with Crippen molar-refractivity contribution < 1.29 is 13.9 Å². The number of carbonyl (C=O) groups is 1. The van der Waals surface area contributed by atoms with Gasteiger partial charge >= 0.3 is 6.03 Å². The van der Waals surface area contributed by atoms with Crippen molar-refractivity contribution in [1.29, 1.82) is 0 Å². The number of ether oxygens (including phenoxy) is 1. The number of aromatic nitrogens is 2. The van der Waals surface area contributed by atoms with Gasteiger partial charge in [0.2, 0.25) is 0 Å². The maximum Gasteiger partial charge on any atom is 0.321 e. The summed E-state index contributed by atoms with van der Waals surface area (Å²) >= 11 is 0. The minimum Gasteiger partial charge on any atom is -0.491 e. The van der Waals surface area contributed by atoms with Crippen LogP contribution in [0.15, 0.2) is 36.5 Å². The highest BCUT2D eigenvalue weighted by atomic mass is 19.1. The van der Waals surface area contributed by atoms with Crippen molar-refractivity contribution in [3.63, 3.8) is 0 Å². The summed E-state index contributed by atoms with van der Waals surface area (Å²) in [5, 5.41) is 7.10. The summed E-state index contributed by atoms with van der Waals surface area (Å²) in [5.74, 6) is 0.986. The van der Waals surface area contributed by atoms with Gasteiger partial charge in [-0.2, -0.15) is 5.10 Å². The van der Waals surface area contributed by atoms with Crippen LogP contribution in [0.2, 0.25) is 0 Å². The summed E-state index contributed by atoms with van der Waals surface area (Å²) in [6.07, 6.45) is 3.66. The number of anilines is 1. The fourth-order valence-electron chi connectivity index (χ4n) is 3.19. The monoisotopic (exact) mass is 346 g/mol. The topological polar surface area (TPSA) is 59.4 Å². The molecule has 25 heavy (non-hydrogen) atoms. The molecule has 2 amide bonds. The molecule has 0 atom stereocenters. The number of nitrogens with zero attached hydrogens (tertiary/aromatic N) is 3. The molecule has 1 aromatic carbocycles. The maximum absolute atomic E-state index is 12.4. The molecule has 134 valence electrons. The van der Waals surface area contributed by atoms with Crippen LogP contribution in [0.4, 0.5) is 14.9 Å². The lowest BCUT2D eigenvalue weighted by Gasteiger charge is -2.32. The molecule has 1 aliphatic heterocycles. The van der Waals surface area contributed by atoms with Crippen molar-refractivity contribution >= 4 is 11.7 Å². The smallest absolute Gasteiger partial charge is 0.321 e. The number of aryl methyl sites for hydroxylation is 1. The molecule has 7 heteroatoms. The summed E-state index contributed by atoms with van der Waals surface area (Å²) in [4.78, 5) is 14.3. The second-order valence-corrected chi connectivity index (χ2v) is 6.14. The largest absolute Gasteiger partial charge is 0.491 e. The van der Waals surface area contributed by atoms with Crippen LogP contribution >= 0.6 is 0 Å². The third kappa shape index (κ3) is 4.29. The normalized spacial score (nSPS) is 15.2. The van der Waals surface area contributed by atoms with Gasteiger partial charge < -0.3 is 15.0 Å². The number of likely N-dealkylation sites (tertiary alicyclic amines) is 1. The fraction of sp³-hybridized carbons (Fsp3) is 0.444. The van der Waals surface area contributed by atoms with Crippen molar-refractivity contribution in [2.24, 2.45) is 7.05 Å². The summed E-state index contributed by atoms with van der Waals surface area (Å²) < 4.78 is 19.3. The Kier molecular flexibility index (Phi) is 5.53. The van der Waals surface area contributed by atoms with Crippen LogP contribution in [0.3, 0.4) is 0 Å². The third-order valence-electron chi connectivity index (χ3n) is 4.49. The molecule has 1 saturated heterocycles. The Hall–Kier alpha value is -2.57. The van der Waals surface area contributed by atoms with Gasteiger partial charge in [0.1, 0.15) is 19.0 Å². The quantitative estimate of drug-likeness (QED) is 0.904. The van der Waals surface area contributed by atoms with Gasteiger partial charge in [-0.1, -0.05) is 6.07 Å². The van der Waals surface area contributed by atoms with Crippen LogP contribution in [-0.2, 0) is 7.05 Å². The van der Waals surface area contributed by atoms with Crippen LogP contribution < -0.4 is 10.1 Å². The van der Waals surface area contributed by atoms with Crippen LogP contribution in [0.25, 0.3) is 0 Å². The number of alkyl halides is 1. The summed E-state index contributed by atoms with van der Waals surface area (Å²) in [5.41, 5.74) is 1.87. The molecule has 3 rings (SSSR count). The number of urea groups is 1. The van der Waals surface area contributed by atoms with E-state index < -0.39 is 6.67 Å². The van der Waals surface area contributed by atoms with E-state index in [2.05, 4.69) is 10.4 Å². The molecule has 0 aliphatic carbocycles. The van der Waals surface area contributed by atoms with E-state index in [0.29, 0.717) is 30.4 Å². The van der Waals surface area contributed by atoms with E-state index in [1.54, 1.807) is 24.3 Å². The first kappa shape index (κ1) is 17.3. The van der Waals surface area contributed by atoms with Gasteiger partial charge in [-0.15, -0.1) is 0 Å². The molecule has 1 N–H and O–H groups in total. The molecule has 2 aromatic rings. The lowest BCUT2D eigenvalue weighted by atomic mass is 9.93. The van der Waals surface area contributed by atoms with E-state index in [-0.39, 0.29) is 12.6 Å². The minimum absolute atomic E-state index is 0.0128. The Morgan fingerprint density at radius 2 is 2.16 bits per heavy atom. The standard InChI is InChI=1S/C18H23FN4O2/c1-22-17(5-9-20-22)14-6-10-23(11-7-14)18(24)21-15-3-2-4-16(13-15)25-12-8-19/h2-5,9,13-14H,6-8,10-12H2,1H3,(H,21,24). The van der Waals surface area contributed by atoms with Crippen molar-refractivity contribution in [2.75, 3.05) is 31.7 Å². The van der Waals surface area contributed by atoms with E-state index in [1.807, 2.05) is 28.9 Å². The maximum atomic E-state index is 12.4. The van der Waals surface area contributed by atoms with Crippen molar-refractivity contribution in [1.82, 2.24) is 14.7 Å². The van der Waals surface area contributed by atoms with Gasteiger partial charge in [0, 0.05) is 49.7 Å². The Bertz CT molecular complexity index is 711. The Balaban J connectivity index is 1.54. The van der Waals surface area contributed by atoms with Gasteiger partial charge in [0.15, 0.2) is 0 Å². The van der Waals surface area contributed by atoms with Gasteiger partial charge in [-0.05, 0) is 31.0 Å². The molecule has 6 nitrogen and oxygen atoms in total. The number of hydrogen-bond acceptors (Lipinski definition) is 3. The van der Waals surface area contributed by atoms with Crippen LogP contribution in [0.1, 0.15) is 24.5 Å². The first-order valence-electron chi connectivity index (χ1n) is 8.50. The van der Waals surface area contributed by atoms with E-state index in [0.717, 1.165) is 12.8 Å². The fourth-order valence-corrected chi connectivity index (χ4v) is 3.19. The summed E-state index contributed by atoms with van der Waals surface area (Å²) in [7, 11) is 1.95. The number of rotatable bonds is 5. The SMILES string of the molecule is Cn1nccc1C1CCN(C(=O)Nc2cccc(OCCF)c2)CC1. The molecule has 0 bridgehead atoms. The highest BCUT2D eigenvalue weighted by Crippen LogP contribution is 2.28. The zero-order valence-corrected chi connectivity index (χ0v) is 14.3. The molecule has 0 radical (unpaired) electrons. The zero-order valence-electron chi connectivity index (χ0n) is 14.3. The first-order chi connectivity index (χ1) is 12.2. The molecule has 0 spiro atoms.